The van der Waals surface area contributed by atoms with E-state index in [-0.39, 0.29) is 6.04 Å². The van der Waals surface area contributed by atoms with Gasteiger partial charge in [0, 0.05) is 11.9 Å². The normalized spacial score (nSPS) is 28.2. The van der Waals surface area contributed by atoms with Crippen LogP contribution in [0.25, 0.3) is 0 Å². The van der Waals surface area contributed by atoms with Crippen molar-refractivity contribution in [2.24, 2.45) is 0 Å². The smallest absolute Gasteiger partial charge is 0.110 e. The van der Waals surface area contributed by atoms with Crippen molar-refractivity contribution in [2.75, 3.05) is 13.1 Å². The average Bonchev–Trinajstić information content (AvgIpc) is 2.75. The molecule has 1 N–H and O–H groups in total. The van der Waals surface area contributed by atoms with Crippen LogP contribution in [-0.4, -0.2) is 33.7 Å². The lowest BCUT2D eigenvalue weighted by Crippen LogP contribution is -2.46. The molecule has 2 heterocycles. The molecule has 1 fully saturated rings. The number of alkyl halides is 1. The van der Waals surface area contributed by atoms with E-state index in [2.05, 4.69) is 16.8 Å². The van der Waals surface area contributed by atoms with Crippen molar-refractivity contribution >= 4 is 22.9 Å². The predicted octanol–water partition coefficient (Wildman–Crippen LogP) is 2.79. The number of rotatable bonds is 3. The highest BCUT2D eigenvalue weighted by Gasteiger charge is 2.31. The van der Waals surface area contributed by atoms with E-state index in [0.29, 0.717) is 5.88 Å². The molecule has 1 saturated heterocycles. The number of nitrogens with zero attached hydrogens (tertiary/aromatic N) is 2. The third-order valence-electron chi connectivity index (χ3n) is 3.32. The zero-order valence-electron chi connectivity index (χ0n) is 10.3. The quantitative estimate of drug-likeness (QED) is 0.861. The minimum atomic E-state index is -0.556. The van der Waals surface area contributed by atoms with Gasteiger partial charge in [0.15, 0.2) is 0 Å². The highest BCUT2D eigenvalue weighted by atomic mass is 35.5. The van der Waals surface area contributed by atoms with Gasteiger partial charge in [-0.3, -0.25) is 4.90 Å². The molecule has 96 valence electrons. The fourth-order valence-electron chi connectivity index (χ4n) is 2.32. The topological polar surface area (TPSA) is 36.4 Å². The maximum Gasteiger partial charge on any atom is 0.110 e. The molecule has 0 aromatic carbocycles. The number of piperidine rings is 1. The Hall–Kier alpha value is -0.160. The van der Waals surface area contributed by atoms with Gasteiger partial charge < -0.3 is 5.11 Å². The minimum Gasteiger partial charge on any atom is -0.389 e. The highest BCUT2D eigenvalue weighted by Crippen LogP contribution is 2.30. The van der Waals surface area contributed by atoms with Crippen molar-refractivity contribution in [2.45, 2.75) is 44.2 Å². The van der Waals surface area contributed by atoms with Crippen molar-refractivity contribution in [3.63, 3.8) is 0 Å². The lowest BCUT2D eigenvalue weighted by molar-refractivity contribution is -0.0280. The van der Waals surface area contributed by atoms with E-state index in [1.165, 1.54) is 0 Å². The molecule has 5 heteroatoms. The maximum absolute atomic E-state index is 10.1. The van der Waals surface area contributed by atoms with E-state index in [1.807, 2.05) is 12.3 Å². The number of halogens is 1. The zero-order valence-corrected chi connectivity index (χ0v) is 11.9. The molecular formula is C12H19ClN2OS. The number of aliphatic hydroxyl groups is 1. The fraction of sp³-hybridized carbons (Fsp3) is 0.750. The first kappa shape index (κ1) is 13.3. The Labute approximate surface area is 111 Å². The van der Waals surface area contributed by atoms with Gasteiger partial charge in [-0.05, 0) is 33.2 Å². The molecular weight excluding hydrogens is 256 g/mol. The highest BCUT2D eigenvalue weighted by molar-refractivity contribution is 7.09. The lowest BCUT2D eigenvalue weighted by atomic mass is 9.94. The van der Waals surface area contributed by atoms with Crippen molar-refractivity contribution in [1.82, 2.24) is 9.88 Å². The first-order valence-electron chi connectivity index (χ1n) is 5.98. The first-order chi connectivity index (χ1) is 8.02. The summed E-state index contributed by atoms with van der Waals surface area (Å²) in [7, 11) is 0. The molecule has 0 radical (unpaired) electrons. The van der Waals surface area contributed by atoms with Gasteiger partial charge in [0.2, 0.25) is 0 Å². The van der Waals surface area contributed by atoms with Crippen LogP contribution in [0.15, 0.2) is 5.38 Å². The maximum atomic E-state index is 10.1. The van der Waals surface area contributed by atoms with E-state index in [4.69, 9.17) is 11.6 Å². The zero-order chi connectivity index (χ0) is 12.5. The van der Waals surface area contributed by atoms with E-state index in [9.17, 15) is 5.11 Å². The SMILES string of the molecule is CC(c1nc(CCl)cs1)N1CCCC(C)(O)C1. The van der Waals surface area contributed by atoms with E-state index >= 15 is 0 Å². The molecule has 1 aromatic rings. The second kappa shape index (κ2) is 5.22. The van der Waals surface area contributed by atoms with Gasteiger partial charge in [0.25, 0.3) is 0 Å². The second-order valence-electron chi connectivity index (χ2n) is 5.06. The van der Waals surface area contributed by atoms with Crippen molar-refractivity contribution < 1.29 is 5.11 Å². The molecule has 0 bridgehead atoms. The number of hydrogen-bond donors (Lipinski definition) is 1. The van der Waals surface area contributed by atoms with Gasteiger partial charge in [-0.1, -0.05) is 0 Å². The molecule has 2 unspecified atom stereocenters. The summed E-state index contributed by atoms with van der Waals surface area (Å²) in [4.78, 5) is 6.82. The Morgan fingerprint density at radius 3 is 3.06 bits per heavy atom. The van der Waals surface area contributed by atoms with E-state index < -0.39 is 5.60 Å². The van der Waals surface area contributed by atoms with Crippen LogP contribution in [0.3, 0.4) is 0 Å². The molecule has 17 heavy (non-hydrogen) atoms. The lowest BCUT2D eigenvalue weighted by Gasteiger charge is -2.39. The summed E-state index contributed by atoms with van der Waals surface area (Å²) in [6.07, 6.45) is 1.94. The van der Waals surface area contributed by atoms with Crippen molar-refractivity contribution in [3.05, 3.63) is 16.1 Å². The molecule has 2 rings (SSSR count). The summed E-state index contributed by atoms with van der Waals surface area (Å²) in [5, 5.41) is 13.2. The van der Waals surface area contributed by atoms with Crippen LogP contribution in [0.1, 0.15) is 43.4 Å². The van der Waals surface area contributed by atoms with Crippen LogP contribution in [0, 0.1) is 0 Å². The summed E-state index contributed by atoms with van der Waals surface area (Å²) in [6.45, 7) is 5.83. The van der Waals surface area contributed by atoms with Crippen molar-refractivity contribution in [3.8, 4) is 0 Å². The van der Waals surface area contributed by atoms with Crippen LogP contribution in [0.2, 0.25) is 0 Å². The fourth-order valence-corrected chi connectivity index (χ4v) is 3.46. The standard InChI is InChI=1S/C12H19ClN2OS/c1-9(11-14-10(6-13)7-17-11)15-5-3-4-12(2,16)8-15/h7,9,16H,3-6,8H2,1-2H3. The Morgan fingerprint density at radius 2 is 2.47 bits per heavy atom. The molecule has 0 spiro atoms. The number of hydrogen-bond acceptors (Lipinski definition) is 4. The Morgan fingerprint density at radius 1 is 1.71 bits per heavy atom. The summed E-state index contributed by atoms with van der Waals surface area (Å²) in [5.74, 6) is 0.473. The van der Waals surface area contributed by atoms with Crippen LogP contribution in [-0.2, 0) is 5.88 Å². The summed E-state index contributed by atoms with van der Waals surface area (Å²) in [5.41, 5.74) is 0.390. The third-order valence-corrected chi connectivity index (χ3v) is 4.65. The van der Waals surface area contributed by atoms with Gasteiger partial charge in [-0.25, -0.2) is 4.98 Å². The Kier molecular flexibility index (Phi) is 4.08. The predicted molar refractivity (Wildman–Crippen MR) is 71.5 cm³/mol. The van der Waals surface area contributed by atoms with Crippen LogP contribution >= 0.6 is 22.9 Å². The third kappa shape index (κ3) is 3.19. The summed E-state index contributed by atoms with van der Waals surface area (Å²) < 4.78 is 0. The minimum absolute atomic E-state index is 0.267. The Bertz CT molecular complexity index is 380. The second-order valence-corrected chi connectivity index (χ2v) is 6.21. The van der Waals surface area contributed by atoms with Gasteiger partial charge >= 0.3 is 0 Å². The number of aromatic nitrogens is 1. The van der Waals surface area contributed by atoms with Crippen molar-refractivity contribution in [1.29, 1.82) is 0 Å². The largest absolute Gasteiger partial charge is 0.389 e. The molecule has 1 aliphatic rings. The molecule has 1 aromatic heterocycles. The monoisotopic (exact) mass is 274 g/mol. The number of likely N-dealkylation sites (tertiary alicyclic amines) is 1. The van der Waals surface area contributed by atoms with Crippen LogP contribution in [0.5, 0.6) is 0 Å². The van der Waals surface area contributed by atoms with Gasteiger partial charge in [-0.15, -0.1) is 22.9 Å². The molecule has 0 amide bonds. The molecule has 0 aliphatic carbocycles. The molecule has 0 saturated carbocycles. The van der Waals surface area contributed by atoms with Crippen LogP contribution in [0.4, 0.5) is 0 Å². The summed E-state index contributed by atoms with van der Waals surface area (Å²) >= 11 is 7.42. The van der Waals surface area contributed by atoms with Gasteiger partial charge in [-0.2, -0.15) is 0 Å². The number of thiazole rings is 1. The average molecular weight is 275 g/mol. The van der Waals surface area contributed by atoms with E-state index in [1.54, 1.807) is 11.3 Å². The van der Waals surface area contributed by atoms with Gasteiger partial charge in [0.1, 0.15) is 5.01 Å². The summed E-state index contributed by atoms with van der Waals surface area (Å²) in [6, 6.07) is 0.267. The first-order valence-corrected chi connectivity index (χ1v) is 7.40. The van der Waals surface area contributed by atoms with Crippen LogP contribution < -0.4 is 0 Å². The molecule has 3 nitrogen and oxygen atoms in total. The number of β-amino-alcohol motifs (C(OH)–C–C–N with tert-alkyl or cyclic N) is 1. The Balaban J connectivity index is 2.06. The van der Waals surface area contributed by atoms with E-state index in [0.717, 1.165) is 36.6 Å². The van der Waals surface area contributed by atoms with Gasteiger partial charge in [0.05, 0.1) is 23.2 Å². The molecule has 2 atom stereocenters. The molecule has 1 aliphatic heterocycles.